The molecule has 1 aromatic rings. The van der Waals surface area contributed by atoms with Crippen LogP contribution in [0.4, 0.5) is 0 Å². The van der Waals surface area contributed by atoms with Crippen LogP contribution in [0.25, 0.3) is 0 Å². The smallest absolute Gasteiger partial charge is 0.227 e. The van der Waals surface area contributed by atoms with E-state index in [1.165, 1.54) is 0 Å². The van der Waals surface area contributed by atoms with E-state index in [9.17, 15) is 4.79 Å². The molecule has 1 amide bonds. The van der Waals surface area contributed by atoms with E-state index in [4.69, 9.17) is 11.6 Å². The number of amides is 1. The highest BCUT2D eigenvalue weighted by Crippen LogP contribution is 2.17. The van der Waals surface area contributed by atoms with Crippen LogP contribution in [-0.2, 0) is 11.2 Å². The van der Waals surface area contributed by atoms with Gasteiger partial charge in [-0.25, -0.2) is 0 Å². The van der Waals surface area contributed by atoms with Crippen LogP contribution in [0.2, 0.25) is 0 Å². The SMILES string of the molecule is O=C(Cc1ccsc1)N1CCC(Cl)CC1. The van der Waals surface area contributed by atoms with E-state index in [0.29, 0.717) is 6.42 Å². The van der Waals surface area contributed by atoms with E-state index in [1.54, 1.807) is 11.3 Å². The minimum atomic E-state index is 0.233. The summed E-state index contributed by atoms with van der Waals surface area (Å²) >= 11 is 7.63. The molecule has 0 saturated carbocycles. The fourth-order valence-electron chi connectivity index (χ4n) is 1.78. The number of rotatable bonds is 2. The van der Waals surface area contributed by atoms with Crippen LogP contribution in [0.3, 0.4) is 0 Å². The van der Waals surface area contributed by atoms with Crippen molar-refractivity contribution in [2.24, 2.45) is 0 Å². The fourth-order valence-corrected chi connectivity index (χ4v) is 2.64. The maximum absolute atomic E-state index is 11.9. The fraction of sp³-hybridized carbons (Fsp3) is 0.545. The average molecular weight is 244 g/mol. The first-order valence-corrected chi connectivity index (χ1v) is 6.56. The number of carbonyl (C=O) groups excluding carboxylic acids is 1. The van der Waals surface area contributed by atoms with E-state index in [0.717, 1.165) is 31.5 Å². The predicted octanol–water partition coefficient (Wildman–Crippen LogP) is 2.52. The number of likely N-dealkylation sites (tertiary alicyclic amines) is 1. The first kappa shape index (κ1) is 11.0. The Bertz CT molecular complexity index is 317. The molecule has 0 N–H and O–H groups in total. The van der Waals surface area contributed by atoms with Crippen LogP contribution in [0.1, 0.15) is 18.4 Å². The van der Waals surface area contributed by atoms with Gasteiger partial charge in [0.1, 0.15) is 0 Å². The van der Waals surface area contributed by atoms with Crippen LogP contribution in [0, 0.1) is 0 Å². The second-order valence-electron chi connectivity index (χ2n) is 3.86. The maximum atomic E-state index is 11.9. The third-order valence-corrected chi connectivity index (χ3v) is 3.88. The molecule has 1 saturated heterocycles. The zero-order valence-electron chi connectivity index (χ0n) is 8.49. The van der Waals surface area contributed by atoms with E-state index >= 15 is 0 Å². The second-order valence-corrected chi connectivity index (χ2v) is 5.26. The lowest BCUT2D eigenvalue weighted by molar-refractivity contribution is -0.131. The lowest BCUT2D eigenvalue weighted by atomic mass is 10.1. The standard InChI is InChI=1S/C11H14ClNOS/c12-10-1-4-13(5-2-10)11(14)7-9-3-6-15-8-9/h3,6,8,10H,1-2,4-5,7H2. The molecular formula is C11H14ClNOS. The van der Waals surface area contributed by atoms with Gasteiger partial charge in [0, 0.05) is 18.5 Å². The molecule has 2 rings (SSSR count). The van der Waals surface area contributed by atoms with Gasteiger partial charge < -0.3 is 4.90 Å². The van der Waals surface area contributed by atoms with Crippen LogP contribution < -0.4 is 0 Å². The van der Waals surface area contributed by atoms with Crippen LogP contribution in [0.5, 0.6) is 0 Å². The Morgan fingerprint density at radius 2 is 2.27 bits per heavy atom. The molecule has 4 heteroatoms. The topological polar surface area (TPSA) is 20.3 Å². The zero-order chi connectivity index (χ0) is 10.7. The summed E-state index contributed by atoms with van der Waals surface area (Å²) < 4.78 is 0. The summed E-state index contributed by atoms with van der Waals surface area (Å²) in [5, 5.41) is 4.30. The first-order chi connectivity index (χ1) is 7.25. The van der Waals surface area contributed by atoms with Crippen molar-refractivity contribution in [2.45, 2.75) is 24.6 Å². The molecule has 2 nitrogen and oxygen atoms in total. The van der Waals surface area contributed by atoms with Gasteiger partial charge in [-0.15, -0.1) is 11.6 Å². The Morgan fingerprint density at radius 3 is 2.87 bits per heavy atom. The normalized spacial score (nSPS) is 18.1. The molecule has 15 heavy (non-hydrogen) atoms. The number of nitrogens with zero attached hydrogens (tertiary/aromatic N) is 1. The Balaban J connectivity index is 1.86. The third-order valence-electron chi connectivity index (χ3n) is 2.71. The van der Waals surface area contributed by atoms with Gasteiger partial charge in [-0.05, 0) is 35.2 Å². The highest BCUT2D eigenvalue weighted by Gasteiger charge is 2.21. The van der Waals surface area contributed by atoms with Gasteiger partial charge in [0.2, 0.25) is 5.91 Å². The lowest BCUT2D eigenvalue weighted by Gasteiger charge is -2.29. The summed E-state index contributed by atoms with van der Waals surface area (Å²) in [5.41, 5.74) is 1.12. The van der Waals surface area contributed by atoms with E-state index in [2.05, 4.69) is 0 Å². The van der Waals surface area contributed by atoms with Crippen LogP contribution in [-0.4, -0.2) is 29.3 Å². The highest BCUT2D eigenvalue weighted by atomic mass is 35.5. The zero-order valence-corrected chi connectivity index (χ0v) is 10.1. The molecule has 1 aliphatic heterocycles. The van der Waals surface area contributed by atoms with Crippen molar-refractivity contribution >= 4 is 28.8 Å². The van der Waals surface area contributed by atoms with Crippen molar-refractivity contribution in [1.29, 1.82) is 0 Å². The van der Waals surface area contributed by atoms with E-state index in [-0.39, 0.29) is 11.3 Å². The quantitative estimate of drug-likeness (QED) is 0.731. The number of halogens is 1. The molecule has 0 bridgehead atoms. The number of piperidine rings is 1. The molecule has 1 fully saturated rings. The molecule has 1 aliphatic rings. The third kappa shape index (κ3) is 2.95. The van der Waals surface area contributed by atoms with E-state index in [1.807, 2.05) is 21.7 Å². The van der Waals surface area contributed by atoms with Gasteiger partial charge in [-0.3, -0.25) is 4.79 Å². The largest absolute Gasteiger partial charge is 0.342 e. The minimum Gasteiger partial charge on any atom is -0.342 e. The van der Waals surface area contributed by atoms with Crippen LogP contribution >= 0.6 is 22.9 Å². The van der Waals surface area contributed by atoms with Crippen molar-refractivity contribution in [3.8, 4) is 0 Å². The summed E-state index contributed by atoms with van der Waals surface area (Å²) in [6.07, 6.45) is 2.39. The van der Waals surface area contributed by atoms with Gasteiger partial charge >= 0.3 is 0 Å². The van der Waals surface area contributed by atoms with Gasteiger partial charge in [0.25, 0.3) is 0 Å². The molecule has 0 radical (unpaired) electrons. The summed E-state index contributed by atoms with van der Waals surface area (Å²) in [7, 11) is 0. The summed E-state index contributed by atoms with van der Waals surface area (Å²) in [6.45, 7) is 1.63. The number of carbonyl (C=O) groups is 1. The molecule has 82 valence electrons. The van der Waals surface area contributed by atoms with Crippen molar-refractivity contribution < 1.29 is 4.79 Å². The number of hydrogen-bond acceptors (Lipinski definition) is 2. The molecule has 0 unspecified atom stereocenters. The van der Waals surface area contributed by atoms with Gasteiger partial charge in [-0.1, -0.05) is 0 Å². The molecule has 0 atom stereocenters. The molecule has 1 aromatic heterocycles. The Labute approximate surface area is 98.8 Å². The molecular weight excluding hydrogens is 230 g/mol. The van der Waals surface area contributed by atoms with Gasteiger partial charge in [0.15, 0.2) is 0 Å². The maximum Gasteiger partial charge on any atom is 0.227 e. The van der Waals surface area contributed by atoms with Crippen LogP contribution in [0.15, 0.2) is 16.8 Å². The van der Waals surface area contributed by atoms with Gasteiger partial charge in [0.05, 0.1) is 6.42 Å². The Morgan fingerprint density at radius 1 is 1.53 bits per heavy atom. The number of alkyl halides is 1. The Kier molecular flexibility index (Phi) is 3.65. The summed E-state index contributed by atoms with van der Waals surface area (Å²) in [5.74, 6) is 0.233. The summed E-state index contributed by atoms with van der Waals surface area (Å²) in [4.78, 5) is 13.8. The summed E-state index contributed by atoms with van der Waals surface area (Å²) in [6, 6.07) is 2.01. The molecule has 0 aliphatic carbocycles. The van der Waals surface area contributed by atoms with E-state index < -0.39 is 0 Å². The van der Waals surface area contributed by atoms with Crippen molar-refractivity contribution in [3.63, 3.8) is 0 Å². The number of hydrogen-bond donors (Lipinski definition) is 0. The van der Waals surface area contributed by atoms with Crippen molar-refractivity contribution in [2.75, 3.05) is 13.1 Å². The highest BCUT2D eigenvalue weighted by molar-refractivity contribution is 7.07. The monoisotopic (exact) mass is 243 g/mol. The average Bonchev–Trinajstić information content (AvgIpc) is 2.71. The second kappa shape index (κ2) is 4.99. The molecule has 2 heterocycles. The lowest BCUT2D eigenvalue weighted by Crippen LogP contribution is -2.39. The number of thiophene rings is 1. The first-order valence-electron chi connectivity index (χ1n) is 5.18. The Hall–Kier alpha value is -0.540. The molecule has 0 aromatic carbocycles. The van der Waals surface area contributed by atoms with Crippen molar-refractivity contribution in [3.05, 3.63) is 22.4 Å². The van der Waals surface area contributed by atoms with Gasteiger partial charge in [-0.2, -0.15) is 11.3 Å². The van der Waals surface area contributed by atoms with Crippen molar-refractivity contribution in [1.82, 2.24) is 4.90 Å². The minimum absolute atomic E-state index is 0.233. The predicted molar refractivity (Wildman–Crippen MR) is 63.5 cm³/mol. The molecule has 0 spiro atoms.